The van der Waals surface area contributed by atoms with Gasteiger partial charge in [0, 0.05) is 0 Å². The molecule has 4 aromatic carbocycles. The summed E-state index contributed by atoms with van der Waals surface area (Å²) in [4.78, 5) is 15.2. The predicted molar refractivity (Wildman–Crippen MR) is 143 cm³/mol. The Balaban J connectivity index is 1.48. The third kappa shape index (κ3) is 2.07. The molecule has 0 N–H and O–H groups in total. The van der Waals surface area contributed by atoms with E-state index >= 15 is 0 Å². The average molecular weight is 533 g/mol. The van der Waals surface area contributed by atoms with E-state index in [9.17, 15) is 4.79 Å². The Kier molecular flexibility index (Phi) is 3.72. The monoisotopic (exact) mass is 531 g/mol. The maximum atomic E-state index is 13.9. The summed E-state index contributed by atoms with van der Waals surface area (Å²) in [6.45, 7) is 0. The van der Waals surface area contributed by atoms with E-state index in [2.05, 4.69) is 72.8 Å². The molecule has 1 amide bonds. The molecule has 0 radical (unpaired) electrons. The Labute approximate surface area is 221 Å². The van der Waals surface area contributed by atoms with Crippen LogP contribution >= 0.6 is 46.6 Å². The fourth-order valence-electron chi connectivity index (χ4n) is 6.98. The minimum Gasteiger partial charge on any atom is -0.302 e. The molecule has 170 valence electrons. The summed E-state index contributed by atoms with van der Waals surface area (Å²) in [5.41, 5.74) is 8.56. The molecule has 1 atom stereocenters. The first kappa shape index (κ1) is 20.7. The van der Waals surface area contributed by atoms with Gasteiger partial charge < -0.3 is 4.90 Å². The molecule has 2 fully saturated rings. The summed E-state index contributed by atoms with van der Waals surface area (Å²) >= 11 is 20.8. The van der Waals surface area contributed by atoms with Gasteiger partial charge in [0.05, 0.1) is 0 Å². The van der Waals surface area contributed by atoms with Crippen LogP contribution in [0.5, 0.6) is 0 Å². The Morgan fingerprint density at radius 1 is 0.629 bits per heavy atom. The lowest BCUT2D eigenvalue weighted by Gasteiger charge is -2.17. The van der Waals surface area contributed by atoms with Crippen LogP contribution in [0.3, 0.4) is 0 Å². The van der Waals surface area contributed by atoms with E-state index in [4.69, 9.17) is 34.8 Å². The molecule has 2 heterocycles. The number of amides is 1. The van der Waals surface area contributed by atoms with Gasteiger partial charge in [0.15, 0.2) is 0 Å². The second-order valence-corrected chi connectivity index (χ2v) is 13.1. The van der Waals surface area contributed by atoms with Gasteiger partial charge in [-0.15, -0.1) is 11.8 Å². The van der Waals surface area contributed by atoms with Gasteiger partial charge in [-0.1, -0.05) is 132 Å². The number of nitrogens with zero attached hydrogens (tertiary/aromatic N) is 1. The number of rotatable bonds is 0. The van der Waals surface area contributed by atoms with E-state index < -0.39 is 24.9 Å². The molecule has 2 saturated heterocycles. The Morgan fingerprint density at radius 2 is 1.00 bits per heavy atom. The van der Waals surface area contributed by atoms with Gasteiger partial charge in [0.25, 0.3) is 9.70 Å². The van der Waals surface area contributed by atoms with Crippen molar-refractivity contribution in [3.05, 3.63) is 119 Å². The molecule has 2 aliphatic heterocycles. The SMILES string of the molecule is O=C(N1C2(c3ccccc3-c3ccccc32)C12SC21c2ccccc2-c2ccccc21)C(Cl)(Cl)Cl. The van der Waals surface area contributed by atoms with Crippen LogP contribution in [0, 0.1) is 0 Å². The second kappa shape index (κ2) is 6.27. The number of fused-ring (bicyclic) bond motifs is 12. The van der Waals surface area contributed by atoms with Crippen molar-refractivity contribution in [1.82, 2.24) is 4.90 Å². The third-order valence-corrected chi connectivity index (χ3v) is 10.5. The molecule has 2 nitrogen and oxygen atoms in total. The number of benzene rings is 4. The van der Waals surface area contributed by atoms with Gasteiger partial charge in [-0.05, 0) is 44.5 Å². The lowest BCUT2D eigenvalue weighted by molar-refractivity contribution is -0.126. The first-order chi connectivity index (χ1) is 16.9. The highest BCUT2D eigenvalue weighted by Gasteiger charge is 2.99. The summed E-state index contributed by atoms with van der Waals surface area (Å²) < 4.78 is -2.51. The van der Waals surface area contributed by atoms with Crippen molar-refractivity contribution >= 4 is 52.5 Å². The molecule has 1 unspecified atom stereocenters. The zero-order chi connectivity index (χ0) is 23.8. The van der Waals surface area contributed by atoms with E-state index in [1.54, 1.807) is 11.8 Å². The highest BCUT2D eigenvalue weighted by molar-refractivity contribution is 8.09. The van der Waals surface area contributed by atoms with E-state index in [-0.39, 0.29) is 0 Å². The number of hydrogen-bond donors (Lipinski definition) is 0. The molecule has 3 spiro atoms. The zero-order valence-corrected chi connectivity index (χ0v) is 21.2. The highest BCUT2D eigenvalue weighted by atomic mass is 35.6. The number of thioether (sulfide) groups is 1. The van der Waals surface area contributed by atoms with Gasteiger partial charge >= 0.3 is 0 Å². The number of carbonyl (C=O) groups excluding carboxylic acids is 1. The number of carbonyl (C=O) groups is 1. The molecular weight excluding hydrogens is 517 g/mol. The molecule has 0 bridgehead atoms. The van der Waals surface area contributed by atoms with Crippen molar-refractivity contribution in [2.75, 3.05) is 0 Å². The van der Waals surface area contributed by atoms with Crippen LogP contribution in [0.2, 0.25) is 0 Å². The molecule has 0 aromatic heterocycles. The largest absolute Gasteiger partial charge is 0.302 e. The van der Waals surface area contributed by atoms with Crippen LogP contribution < -0.4 is 0 Å². The van der Waals surface area contributed by atoms with E-state index in [1.807, 2.05) is 29.2 Å². The van der Waals surface area contributed by atoms with Crippen LogP contribution in [0.1, 0.15) is 22.3 Å². The summed E-state index contributed by atoms with van der Waals surface area (Å²) in [5.74, 6) is -0.486. The average Bonchev–Trinajstić information content (AvgIpc) is 3.65. The number of alkyl halides is 3. The first-order valence-electron chi connectivity index (χ1n) is 11.4. The Bertz CT molecular complexity index is 1540. The molecule has 35 heavy (non-hydrogen) atoms. The zero-order valence-electron chi connectivity index (χ0n) is 18.1. The Morgan fingerprint density at radius 3 is 1.43 bits per heavy atom. The lowest BCUT2D eigenvalue weighted by atomic mass is 9.82. The van der Waals surface area contributed by atoms with Crippen molar-refractivity contribution in [2.24, 2.45) is 0 Å². The first-order valence-corrected chi connectivity index (χ1v) is 13.4. The van der Waals surface area contributed by atoms with Crippen molar-refractivity contribution in [3.8, 4) is 22.3 Å². The molecule has 4 aliphatic rings. The van der Waals surface area contributed by atoms with E-state index in [0.717, 1.165) is 22.3 Å². The molecule has 6 heteroatoms. The molecular formula is C29H16Cl3NOS. The van der Waals surface area contributed by atoms with Crippen molar-refractivity contribution in [2.45, 2.75) is 18.9 Å². The van der Waals surface area contributed by atoms with Crippen LogP contribution in [0.4, 0.5) is 0 Å². The lowest BCUT2D eigenvalue weighted by Crippen LogP contribution is -2.32. The van der Waals surface area contributed by atoms with Crippen molar-refractivity contribution in [1.29, 1.82) is 0 Å². The third-order valence-electron chi connectivity index (χ3n) is 8.10. The van der Waals surface area contributed by atoms with Gasteiger partial charge in [-0.3, -0.25) is 4.79 Å². The normalized spacial score (nSPS) is 22.7. The molecule has 0 saturated carbocycles. The molecule has 4 aromatic rings. The van der Waals surface area contributed by atoms with E-state index in [0.29, 0.717) is 0 Å². The van der Waals surface area contributed by atoms with E-state index in [1.165, 1.54) is 22.3 Å². The minimum atomic E-state index is -2.06. The topological polar surface area (TPSA) is 20.1 Å². The van der Waals surface area contributed by atoms with Gasteiger partial charge in [-0.2, -0.15) is 0 Å². The smallest absolute Gasteiger partial charge is 0.277 e. The number of hydrogen-bond acceptors (Lipinski definition) is 2. The summed E-state index contributed by atoms with van der Waals surface area (Å²) in [6, 6.07) is 33.7. The maximum Gasteiger partial charge on any atom is 0.277 e. The fraction of sp³-hybridized carbons (Fsp3) is 0.138. The summed E-state index contributed by atoms with van der Waals surface area (Å²) in [7, 11) is 0. The van der Waals surface area contributed by atoms with Crippen LogP contribution in [0.15, 0.2) is 97.1 Å². The molecule has 2 aliphatic carbocycles. The Hall–Kier alpha value is -2.43. The quantitative estimate of drug-likeness (QED) is 0.173. The fourth-order valence-corrected chi connectivity index (χ4v) is 9.38. The van der Waals surface area contributed by atoms with Crippen LogP contribution in [-0.4, -0.2) is 19.5 Å². The minimum absolute atomic E-state index is 0.448. The van der Waals surface area contributed by atoms with Crippen molar-refractivity contribution < 1.29 is 4.79 Å². The van der Waals surface area contributed by atoms with Gasteiger partial charge in [0.2, 0.25) is 0 Å². The summed E-state index contributed by atoms with van der Waals surface area (Å²) in [6.07, 6.45) is 0. The van der Waals surface area contributed by atoms with Crippen LogP contribution in [-0.2, 0) is 15.1 Å². The predicted octanol–water partition coefficient (Wildman–Crippen LogP) is 7.49. The van der Waals surface area contributed by atoms with Gasteiger partial charge in [-0.25, -0.2) is 0 Å². The highest BCUT2D eigenvalue weighted by Crippen LogP contribution is 2.95. The standard InChI is InChI=1S/C29H16Cl3NOS/c30-28(31,32)25(34)33-26(21-13-5-1-9-17(21)18-10-2-6-14-22(18)26)29(33)27(35-29)23-15-7-3-11-19(23)20-12-4-8-16-24(20)27/h1-16H. The molecule has 8 rings (SSSR count). The van der Waals surface area contributed by atoms with Gasteiger partial charge in [0.1, 0.15) is 15.2 Å². The number of halogens is 3. The maximum absolute atomic E-state index is 13.9. The summed E-state index contributed by atoms with van der Waals surface area (Å²) in [5, 5.41) is 0. The van der Waals surface area contributed by atoms with Crippen LogP contribution in [0.25, 0.3) is 22.3 Å². The van der Waals surface area contributed by atoms with Crippen molar-refractivity contribution in [3.63, 3.8) is 0 Å². The second-order valence-electron chi connectivity index (χ2n) is 9.46.